The first kappa shape index (κ1) is 16.6. The fourth-order valence-corrected chi connectivity index (χ4v) is 3.11. The van der Waals surface area contributed by atoms with Gasteiger partial charge in [0.2, 0.25) is 5.91 Å². The molecule has 1 aliphatic rings. The van der Waals surface area contributed by atoms with Crippen molar-refractivity contribution in [2.75, 3.05) is 25.3 Å². The Kier molecular flexibility index (Phi) is 4.94. The lowest BCUT2D eigenvalue weighted by Gasteiger charge is -2.10. The van der Waals surface area contributed by atoms with Crippen LogP contribution in [0.15, 0.2) is 23.4 Å². The maximum absolute atomic E-state index is 12.1. The number of rotatable bonds is 7. The maximum Gasteiger partial charge on any atom is 0.234 e. The first-order chi connectivity index (χ1) is 11.6. The molecule has 1 amide bonds. The normalized spacial score (nSPS) is 13.6. The molecule has 1 heterocycles. The Morgan fingerprint density at radius 3 is 2.71 bits per heavy atom. The Hall–Kier alpha value is -2.22. The van der Waals surface area contributed by atoms with E-state index in [0.717, 1.165) is 11.0 Å². The number of ether oxygens (including phenoxy) is 2. The maximum atomic E-state index is 12.1. The lowest BCUT2D eigenvalue weighted by molar-refractivity contribution is -0.113. The number of nitrogens with zero attached hydrogens (tertiary/aromatic N) is 3. The fourth-order valence-electron chi connectivity index (χ4n) is 2.39. The van der Waals surface area contributed by atoms with Crippen molar-refractivity contribution in [2.24, 2.45) is 7.05 Å². The van der Waals surface area contributed by atoms with Crippen LogP contribution in [0.2, 0.25) is 0 Å². The molecule has 1 N–H and O–H groups in total. The zero-order chi connectivity index (χ0) is 17.1. The van der Waals surface area contributed by atoms with Crippen molar-refractivity contribution in [3.63, 3.8) is 0 Å². The minimum absolute atomic E-state index is 0.108. The van der Waals surface area contributed by atoms with E-state index in [1.54, 1.807) is 32.4 Å². The minimum Gasteiger partial charge on any atom is -0.493 e. The van der Waals surface area contributed by atoms with Gasteiger partial charge in [0.15, 0.2) is 16.7 Å². The first-order valence-electron chi connectivity index (χ1n) is 7.66. The van der Waals surface area contributed by atoms with Gasteiger partial charge in [0.1, 0.15) is 5.82 Å². The number of carbonyl (C=O) groups is 1. The Balaban J connectivity index is 1.57. The summed E-state index contributed by atoms with van der Waals surface area (Å²) in [7, 11) is 5.08. The van der Waals surface area contributed by atoms with Gasteiger partial charge in [-0.3, -0.25) is 4.79 Å². The summed E-state index contributed by atoms with van der Waals surface area (Å²) in [5.41, 5.74) is 0.662. The molecule has 0 unspecified atom stereocenters. The Morgan fingerprint density at radius 1 is 1.29 bits per heavy atom. The van der Waals surface area contributed by atoms with Crippen LogP contribution in [0.3, 0.4) is 0 Å². The highest BCUT2D eigenvalue weighted by Crippen LogP contribution is 2.39. The monoisotopic (exact) mass is 348 g/mol. The van der Waals surface area contributed by atoms with E-state index in [4.69, 9.17) is 9.47 Å². The minimum atomic E-state index is -0.108. The smallest absolute Gasteiger partial charge is 0.234 e. The second kappa shape index (κ2) is 7.12. The molecule has 1 aliphatic carbocycles. The van der Waals surface area contributed by atoms with Crippen LogP contribution in [-0.4, -0.2) is 40.6 Å². The SMILES string of the molecule is COc1ccc(NC(=O)CSc2nnc(C3CC3)n2C)cc1OC. The molecule has 7 nitrogen and oxygen atoms in total. The van der Waals surface area contributed by atoms with Crippen LogP contribution in [0, 0.1) is 0 Å². The van der Waals surface area contributed by atoms with Crippen LogP contribution >= 0.6 is 11.8 Å². The summed E-state index contributed by atoms with van der Waals surface area (Å²) in [4.78, 5) is 12.1. The van der Waals surface area contributed by atoms with Crippen LogP contribution in [0.25, 0.3) is 0 Å². The Morgan fingerprint density at radius 2 is 2.04 bits per heavy atom. The number of methoxy groups -OCH3 is 2. The van der Waals surface area contributed by atoms with Crippen molar-refractivity contribution in [2.45, 2.75) is 23.9 Å². The van der Waals surface area contributed by atoms with Crippen molar-refractivity contribution >= 4 is 23.4 Å². The molecular weight excluding hydrogens is 328 g/mol. The molecule has 1 aromatic heterocycles. The predicted molar refractivity (Wildman–Crippen MR) is 91.9 cm³/mol. The fraction of sp³-hybridized carbons (Fsp3) is 0.438. The van der Waals surface area contributed by atoms with Crippen LogP contribution < -0.4 is 14.8 Å². The molecule has 3 rings (SSSR count). The van der Waals surface area contributed by atoms with E-state index in [1.165, 1.54) is 24.6 Å². The Labute approximate surface area is 144 Å². The highest BCUT2D eigenvalue weighted by molar-refractivity contribution is 7.99. The zero-order valence-corrected chi connectivity index (χ0v) is 14.7. The van der Waals surface area contributed by atoms with E-state index in [2.05, 4.69) is 15.5 Å². The van der Waals surface area contributed by atoms with Gasteiger partial charge >= 0.3 is 0 Å². The molecule has 8 heteroatoms. The van der Waals surface area contributed by atoms with Crippen molar-refractivity contribution in [3.8, 4) is 11.5 Å². The molecule has 0 aliphatic heterocycles. The topological polar surface area (TPSA) is 78.3 Å². The van der Waals surface area contributed by atoms with E-state index in [0.29, 0.717) is 23.1 Å². The molecule has 0 bridgehead atoms. The molecule has 0 radical (unpaired) electrons. The third-order valence-corrected chi connectivity index (χ3v) is 4.83. The summed E-state index contributed by atoms with van der Waals surface area (Å²) in [6.07, 6.45) is 2.35. The van der Waals surface area contributed by atoms with Crippen molar-refractivity contribution < 1.29 is 14.3 Å². The molecule has 2 aromatic rings. The summed E-state index contributed by atoms with van der Waals surface area (Å²) in [6.45, 7) is 0. The zero-order valence-electron chi connectivity index (χ0n) is 13.9. The standard InChI is InChI=1S/C16H20N4O3S/c1-20-15(10-4-5-10)18-19-16(20)24-9-14(21)17-11-6-7-12(22-2)13(8-11)23-3/h6-8,10H,4-5,9H2,1-3H3,(H,17,21). The van der Waals surface area contributed by atoms with Crippen LogP contribution in [-0.2, 0) is 11.8 Å². The van der Waals surface area contributed by atoms with Crippen LogP contribution in [0.1, 0.15) is 24.6 Å². The summed E-state index contributed by atoms with van der Waals surface area (Å²) in [5, 5.41) is 12.0. The van der Waals surface area contributed by atoms with Gasteiger partial charge in [-0.25, -0.2) is 0 Å². The van der Waals surface area contributed by atoms with Gasteiger partial charge in [0.05, 0.1) is 20.0 Å². The van der Waals surface area contributed by atoms with Crippen LogP contribution in [0.4, 0.5) is 5.69 Å². The van der Waals surface area contributed by atoms with Crippen molar-refractivity contribution in [1.29, 1.82) is 0 Å². The number of hydrogen-bond acceptors (Lipinski definition) is 6. The van der Waals surface area contributed by atoms with Crippen molar-refractivity contribution in [3.05, 3.63) is 24.0 Å². The molecule has 0 saturated heterocycles. The van der Waals surface area contributed by atoms with Gasteiger partial charge in [-0.2, -0.15) is 0 Å². The number of nitrogens with one attached hydrogen (secondary N) is 1. The molecule has 0 spiro atoms. The summed E-state index contributed by atoms with van der Waals surface area (Å²) < 4.78 is 12.4. The van der Waals surface area contributed by atoms with E-state index in [-0.39, 0.29) is 11.7 Å². The largest absolute Gasteiger partial charge is 0.493 e. The number of hydrogen-bond donors (Lipinski definition) is 1. The molecule has 1 fully saturated rings. The number of carbonyl (C=O) groups excluding carboxylic acids is 1. The second-order valence-electron chi connectivity index (χ2n) is 5.58. The molecular formula is C16H20N4O3S. The summed E-state index contributed by atoms with van der Waals surface area (Å²) in [6, 6.07) is 5.26. The lowest BCUT2D eigenvalue weighted by Crippen LogP contribution is -2.14. The second-order valence-corrected chi connectivity index (χ2v) is 6.52. The molecule has 0 atom stereocenters. The number of thioether (sulfide) groups is 1. The van der Waals surface area contributed by atoms with Gasteiger partial charge < -0.3 is 19.4 Å². The predicted octanol–water partition coefficient (Wildman–Crippen LogP) is 2.44. The van der Waals surface area contributed by atoms with Gasteiger partial charge in [-0.15, -0.1) is 10.2 Å². The quantitative estimate of drug-likeness (QED) is 0.775. The van der Waals surface area contributed by atoms with E-state index < -0.39 is 0 Å². The average molecular weight is 348 g/mol. The van der Waals surface area contributed by atoms with Gasteiger partial charge in [-0.1, -0.05) is 11.8 Å². The van der Waals surface area contributed by atoms with Gasteiger partial charge in [-0.05, 0) is 25.0 Å². The van der Waals surface area contributed by atoms with Crippen LogP contribution in [0.5, 0.6) is 11.5 Å². The van der Waals surface area contributed by atoms with Gasteiger partial charge in [0.25, 0.3) is 0 Å². The number of aromatic nitrogens is 3. The number of amides is 1. The summed E-state index contributed by atoms with van der Waals surface area (Å²) >= 11 is 1.38. The highest BCUT2D eigenvalue weighted by atomic mass is 32.2. The lowest BCUT2D eigenvalue weighted by atomic mass is 10.2. The third-order valence-electron chi connectivity index (χ3n) is 3.81. The van der Waals surface area contributed by atoms with Crippen molar-refractivity contribution in [1.82, 2.24) is 14.8 Å². The van der Waals surface area contributed by atoms with E-state index in [1.807, 2.05) is 11.6 Å². The molecule has 1 saturated carbocycles. The molecule has 128 valence electrons. The summed E-state index contributed by atoms with van der Waals surface area (Å²) in [5.74, 6) is 2.91. The first-order valence-corrected chi connectivity index (χ1v) is 8.65. The number of anilines is 1. The average Bonchev–Trinajstić information content (AvgIpc) is 3.36. The third kappa shape index (κ3) is 3.64. The van der Waals surface area contributed by atoms with E-state index >= 15 is 0 Å². The number of benzene rings is 1. The van der Waals surface area contributed by atoms with E-state index in [9.17, 15) is 4.79 Å². The Bertz CT molecular complexity index is 743. The highest BCUT2D eigenvalue weighted by Gasteiger charge is 2.29. The molecule has 1 aromatic carbocycles. The molecule has 24 heavy (non-hydrogen) atoms. The van der Waals surface area contributed by atoms with Gasteiger partial charge in [0, 0.05) is 24.7 Å².